The SMILES string of the molecule is CCC1CCCCC1N1CC(C2CC2)NCC1C(C)C. The van der Waals surface area contributed by atoms with Crippen LogP contribution in [0.2, 0.25) is 0 Å². The van der Waals surface area contributed by atoms with Crippen LogP contribution in [-0.2, 0) is 0 Å². The van der Waals surface area contributed by atoms with Gasteiger partial charge < -0.3 is 5.32 Å². The van der Waals surface area contributed by atoms with E-state index in [2.05, 4.69) is 31.0 Å². The summed E-state index contributed by atoms with van der Waals surface area (Å²) >= 11 is 0. The molecule has 4 unspecified atom stereocenters. The molecule has 3 rings (SSSR count). The van der Waals surface area contributed by atoms with Gasteiger partial charge in [-0.2, -0.15) is 0 Å². The second-order valence-corrected chi connectivity index (χ2v) is 7.88. The molecule has 1 aliphatic heterocycles. The molecule has 0 aromatic rings. The van der Waals surface area contributed by atoms with Gasteiger partial charge in [0.05, 0.1) is 0 Å². The van der Waals surface area contributed by atoms with Crippen LogP contribution in [0, 0.1) is 17.8 Å². The first-order chi connectivity index (χ1) is 9.70. The van der Waals surface area contributed by atoms with Crippen molar-refractivity contribution in [1.29, 1.82) is 0 Å². The maximum atomic E-state index is 3.87. The minimum Gasteiger partial charge on any atom is -0.311 e. The van der Waals surface area contributed by atoms with E-state index in [1.165, 1.54) is 58.0 Å². The molecule has 3 fully saturated rings. The van der Waals surface area contributed by atoms with Gasteiger partial charge in [0.1, 0.15) is 0 Å². The van der Waals surface area contributed by atoms with Gasteiger partial charge in [-0.15, -0.1) is 0 Å². The highest BCUT2D eigenvalue weighted by Crippen LogP contribution is 2.38. The Labute approximate surface area is 125 Å². The van der Waals surface area contributed by atoms with Crippen LogP contribution in [0.5, 0.6) is 0 Å². The summed E-state index contributed by atoms with van der Waals surface area (Å²) < 4.78 is 0. The van der Waals surface area contributed by atoms with Crippen molar-refractivity contribution in [2.75, 3.05) is 13.1 Å². The molecule has 2 nitrogen and oxygen atoms in total. The fourth-order valence-corrected chi connectivity index (χ4v) is 4.73. The Bertz CT molecular complexity index is 311. The minimum absolute atomic E-state index is 0.766. The molecular formula is C18H34N2. The number of nitrogens with one attached hydrogen (secondary N) is 1. The summed E-state index contributed by atoms with van der Waals surface area (Å²) in [4.78, 5) is 2.96. The second kappa shape index (κ2) is 6.36. The maximum Gasteiger partial charge on any atom is 0.0247 e. The number of rotatable bonds is 4. The molecule has 3 aliphatic rings. The molecule has 1 heterocycles. The summed E-state index contributed by atoms with van der Waals surface area (Å²) in [6, 6.07) is 2.44. The first-order valence-electron chi connectivity index (χ1n) is 9.19. The smallest absolute Gasteiger partial charge is 0.0247 e. The van der Waals surface area contributed by atoms with E-state index >= 15 is 0 Å². The lowest BCUT2D eigenvalue weighted by Gasteiger charge is -2.50. The van der Waals surface area contributed by atoms with Crippen LogP contribution in [0.3, 0.4) is 0 Å². The number of hydrogen-bond donors (Lipinski definition) is 1. The third kappa shape index (κ3) is 3.06. The zero-order valence-corrected chi connectivity index (χ0v) is 13.8. The molecule has 2 saturated carbocycles. The lowest BCUT2D eigenvalue weighted by Crippen LogP contribution is -2.63. The summed E-state index contributed by atoms with van der Waals surface area (Å²) in [6.07, 6.45) is 10.2. The molecule has 2 heteroatoms. The fourth-order valence-electron chi connectivity index (χ4n) is 4.73. The first-order valence-corrected chi connectivity index (χ1v) is 9.19. The quantitative estimate of drug-likeness (QED) is 0.844. The molecule has 2 aliphatic carbocycles. The van der Waals surface area contributed by atoms with Crippen LogP contribution in [-0.4, -0.2) is 36.1 Å². The van der Waals surface area contributed by atoms with E-state index in [0.717, 1.165) is 35.9 Å². The Kier molecular flexibility index (Phi) is 4.72. The molecule has 0 bridgehead atoms. The first kappa shape index (κ1) is 14.8. The monoisotopic (exact) mass is 278 g/mol. The Morgan fingerprint density at radius 1 is 1.10 bits per heavy atom. The van der Waals surface area contributed by atoms with Gasteiger partial charge in [-0.3, -0.25) is 4.90 Å². The van der Waals surface area contributed by atoms with Gasteiger partial charge in [-0.05, 0) is 43.4 Å². The Morgan fingerprint density at radius 3 is 2.50 bits per heavy atom. The van der Waals surface area contributed by atoms with E-state index in [9.17, 15) is 0 Å². The van der Waals surface area contributed by atoms with Crippen LogP contribution in [0.15, 0.2) is 0 Å². The molecule has 0 aromatic carbocycles. The summed E-state index contributed by atoms with van der Waals surface area (Å²) in [5.41, 5.74) is 0. The summed E-state index contributed by atoms with van der Waals surface area (Å²) in [7, 11) is 0. The molecule has 0 spiro atoms. The van der Waals surface area contributed by atoms with Crippen molar-refractivity contribution in [3.8, 4) is 0 Å². The van der Waals surface area contributed by atoms with Crippen molar-refractivity contribution in [1.82, 2.24) is 10.2 Å². The molecule has 4 atom stereocenters. The van der Waals surface area contributed by atoms with E-state index in [1.807, 2.05) is 0 Å². The van der Waals surface area contributed by atoms with Crippen LogP contribution in [0.1, 0.15) is 65.7 Å². The molecule has 0 amide bonds. The average molecular weight is 278 g/mol. The van der Waals surface area contributed by atoms with Gasteiger partial charge in [0, 0.05) is 31.2 Å². The van der Waals surface area contributed by atoms with Crippen molar-refractivity contribution in [3.05, 3.63) is 0 Å². The topological polar surface area (TPSA) is 15.3 Å². The summed E-state index contributed by atoms with van der Waals surface area (Å²) in [5, 5.41) is 3.87. The van der Waals surface area contributed by atoms with Gasteiger partial charge in [0.2, 0.25) is 0 Å². The largest absolute Gasteiger partial charge is 0.311 e. The second-order valence-electron chi connectivity index (χ2n) is 7.88. The van der Waals surface area contributed by atoms with E-state index in [-0.39, 0.29) is 0 Å². The van der Waals surface area contributed by atoms with Crippen LogP contribution in [0.25, 0.3) is 0 Å². The average Bonchev–Trinajstić information content (AvgIpc) is 3.31. The van der Waals surface area contributed by atoms with Crippen LogP contribution >= 0.6 is 0 Å². The third-order valence-corrected chi connectivity index (χ3v) is 6.20. The van der Waals surface area contributed by atoms with Crippen molar-refractivity contribution in [3.63, 3.8) is 0 Å². The normalized spacial score (nSPS) is 40.2. The highest BCUT2D eigenvalue weighted by molar-refractivity contribution is 4.98. The Hall–Kier alpha value is -0.0800. The summed E-state index contributed by atoms with van der Waals surface area (Å²) in [6.45, 7) is 9.80. The third-order valence-electron chi connectivity index (χ3n) is 6.20. The van der Waals surface area contributed by atoms with Gasteiger partial charge in [0.25, 0.3) is 0 Å². The predicted molar refractivity (Wildman–Crippen MR) is 85.9 cm³/mol. The Morgan fingerprint density at radius 2 is 1.85 bits per heavy atom. The van der Waals surface area contributed by atoms with Crippen LogP contribution in [0.4, 0.5) is 0 Å². The van der Waals surface area contributed by atoms with E-state index < -0.39 is 0 Å². The molecule has 0 aromatic heterocycles. The van der Waals surface area contributed by atoms with Crippen molar-refractivity contribution in [2.24, 2.45) is 17.8 Å². The van der Waals surface area contributed by atoms with E-state index in [4.69, 9.17) is 0 Å². The van der Waals surface area contributed by atoms with Gasteiger partial charge in [-0.25, -0.2) is 0 Å². The lowest BCUT2D eigenvalue weighted by molar-refractivity contribution is 0.00780. The lowest BCUT2D eigenvalue weighted by atomic mass is 9.80. The number of hydrogen-bond acceptors (Lipinski definition) is 2. The highest BCUT2D eigenvalue weighted by atomic mass is 15.3. The predicted octanol–water partition coefficient (Wildman–Crippen LogP) is 3.66. The molecule has 1 N–H and O–H groups in total. The number of nitrogens with zero attached hydrogens (tertiary/aromatic N) is 1. The highest BCUT2D eigenvalue weighted by Gasteiger charge is 2.42. The van der Waals surface area contributed by atoms with E-state index in [1.54, 1.807) is 0 Å². The van der Waals surface area contributed by atoms with Gasteiger partial charge in [0.15, 0.2) is 0 Å². The van der Waals surface area contributed by atoms with Crippen molar-refractivity contribution >= 4 is 0 Å². The molecule has 20 heavy (non-hydrogen) atoms. The standard InChI is InChI=1S/C18H34N2/c1-4-14-7-5-6-8-17(14)20-12-16(15-9-10-15)19-11-18(20)13(2)3/h13-19H,4-12H2,1-3H3. The molecule has 0 radical (unpaired) electrons. The van der Waals surface area contributed by atoms with E-state index in [0.29, 0.717) is 0 Å². The van der Waals surface area contributed by atoms with Crippen molar-refractivity contribution in [2.45, 2.75) is 83.8 Å². The minimum atomic E-state index is 0.766. The van der Waals surface area contributed by atoms with Crippen molar-refractivity contribution < 1.29 is 0 Å². The summed E-state index contributed by atoms with van der Waals surface area (Å²) in [5.74, 6) is 2.74. The molecule has 1 saturated heterocycles. The zero-order chi connectivity index (χ0) is 14.1. The zero-order valence-electron chi connectivity index (χ0n) is 13.8. The van der Waals surface area contributed by atoms with Crippen LogP contribution < -0.4 is 5.32 Å². The Balaban J connectivity index is 1.73. The van der Waals surface area contributed by atoms with Gasteiger partial charge in [-0.1, -0.05) is 40.0 Å². The fraction of sp³-hybridized carbons (Fsp3) is 1.00. The maximum absolute atomic E-state index is 3.87. The molecular weight excluding hydrogens is 244 g/mol. The van der Waals surface area contributed by atoms with Gasteiger partial charge >= 0.3 is 0 Å². The number of piperazine rings is 1. The molecule has 116 valence electrons.